The van der Waals surface area contributed by atoms with E-state index in [4.69, 9.17) is 17.4 Å². The van der Waals surface area contributed by atoms with E-state index in [1.165, 1.54) is 11.3 Å². The molecule has 0 atom stereocenters. The van der Waals surface area contributed by atoms with Crippen molar-refractivity contribution in [3.05, 3.63) is 44.7 Å². The summed E-state index contributed by atoms with van der Waals surface area (Å²) in [6.45, 7) is 2.42. The molecule has 0 radical (unpaired) electrons. The molecule has 0 spiro atoms. The highest BCUT2D eigenvalue weighted by atomic mass is 35.5. The Morgan fingerprint density at radius 2 is 2.25 bits per heavy atom. The van der Waals surface area contributed by atoms with Gasteiger partial charge in [-0.25, -0.2) is 10.8 Å². The molecule has 7 heteroatoms. The summed E-state index contributed by atoms with van der Waals surface area (Å²) >= 11 is 7.29. The molecule has 5 nitrogen and oxygen atoms in total. The van der Waals surface area contributed by atoms with Gasteiger partial charge in [-0.05, 0) is 30.7 Å². The second-order valence-electron chi connectivity index (χ2n) is 4.12. The number of aryl methyl sites for hydroxylation is 1. The first-order valence-corrected chi connectivity index (χ1v) is 7.31. The number of hydrazine groups is 1. The number of nitrogen functional groups attached to an aromatic ring is 1. The Morgan fingerprint density at radius 3 is 2.85 bits per heavy atom. The molecule has 2 rings (SSSR count). The van der Waals surface area contributed by atoms with Crippen LogP contribution >= 0.6 is 22.9 Å². The summed E-state index contributed by atoms with van der Waals surface area (Å²) < 4.78 is 0.709. The molecule has 20 heavy (non-hydrogen) atoms. The fourth-order valence-electron chi connectivity index (χ4n) is 1.69. The third kappa shape index (κ3) is 3.69. The number of nitrogens with zero attached hydrogens (tertiary/aromatic N) is 1. The number of aromatic nitrogens is 1. The molecule has 0 aliphatic carbocycles. The number of pyridine rings is 1. The van der Waals surface area contributed by atoms with E-state index < -0.39 is 0 Å². The largest absolute Gasteiger partial charge is 0.347 e. The van der Waals surface area contributed by atoms with Crippen molar-refractivity contribution >= 4 is 34.7 Å². The van der Waals surface area contributed by atoms with E-state index in [2.05, 4.69) is 15.7 Å². The highest BCUT2D eigenvalue weighted by Gasteiger charge is 2.09. The molecule has 106 valence electrons. The summed E-state index contributed by atoms with van der Waals surface area (Å²) in [6, 6.07) is 7.09. The average Bonchev–Trinajstić information content (AvgIpc) is 2.89. The standard InChI is InChI=1S/C13H15ClN4OS/c1-2-9-5-8(6-12(17-9)18-15)13(19)16-7-10-3-4-11(14)20-10/h3-6H,2,7,15H2,1H3,(H,16,19)(H,17,18). The van der Waals surface area contributed by atoms with Gasteiger partial charge in [-0.3, -0.25) is 4.79 Å². The van der Waals surface area contributed by atoms with Gasteiger partial charge < -0.3 is 10.7 Å². The van der Waals surface area contributed by atoms with Crippen LogP contribution in [0, 0.1) is 0 Å². The maximum Gasteiger partial charge on any atom is 0.251 e. The Balaban J connectivity index is 2.08. The maximum atomic E-state index is 12.1. The quantitative estimate of drug-likeness (QED) is 0.586. The lowest BCUT2D eigenvalue weighted by Crippen LogP contribution is -2.23. The number of nitrogens with one attached hydrogen (secondary N) is 2. The van der Waals surface area contributed by atoms with Gasteiger partial charge in [0.25, 0.3) is 5.91 Å². The first kappa shape index (κ1) is 14.8. The number of anilines is 1. The minimum Gasteiger partial charge on any atom is -0.347 e. The molecule has 0 unspecified atom stereocenters. The number of carbonyl (C=O) groups excluding carboxylic acids is 1. The summed E-state index contributed by atoms with van der Waals surface area (Å²) in [4.78, 5) is 17.4. The van der Waals surface area contributed by atoms with E-state index >= 15 is 0 Å². The summed E-state index contributed by atoms with van der Waals surface area (Å²) in [5.41, 5.74) is 3.81. The summed E-state index contributed by atoms with van der Waals surface area (Å²) in [7, 11) is 0. The number of rotatable bonds is 5. The number of halogens is 1. The second kappa shape index (κ2) is 6.69. The molecule has 0 saturated carbocycles. The van der Waals surface area contributed by atoms with Crippen LogP contribution in [0.5, 0.6) is 0 Å². The third-order valence-electron chi connectivity index (χ3n) is 2.70. The van der Waals surface area contributed by atoms with Crippen molar-refractivity contribution in [3.63, 3.8) is 0 Å². The van der Waals surface area contributed by atoms with Gasteiger partial charge in [-0.15, -0.1) is 11.3 Å². The second-order valence-corrected chi connectivity index (χ2v) is 5.92. The Hall–Kier alpha value is -1.63. The first-order valence-electron chi connectivity index (χ1n) is 6.12. The number of thiophene rings is 1. The zero-order chi connectivity index (χ0) is 14.5. The van der Waals surface area contributed by atoms with Crippen LogP contribution in [0.3, 0.4) is 0 Å². The molecule has 2 heterocycles. The van der Waals surface area contributed by atoms with Crippen LogP contribution in [0.15, 0.2) is 24.3 Å². The van der Waals surface area contributed by atoms with Crippen LogP contribution in [-0.2, 0) is 13.0 Å². The van der Waals surface area contributed by atoms with Crippen LogP contribution in [0.2, 0.25) is 4.34 Å². The number of hydrogen-bond donors (Lipinski definition) is 3. The van der Waals surface area contributed by atoms with Gasteiger partial charge in [0.15, 0.2) is 0 Å². The van der Waals surface area contributed by atoms with Crippen LogP contribution in [0.1, 0.15) is 27.9 Å². The molecule has 0 fully saturated rings. The van der Waals surface area contributed by atoms with Crippen LogP contribution < -0.4 is 16.6 Å². The minimum absolute atomic E-state index is 0.164. The van der Waals surface area contributed by atoms with Gasteiger partial charge >= 0.3 is 0 Å². The fourth-order valence-corrected chi connectivity index (χ4v) is 2.72. The fraction of sp³-hybridized carbons (Fsp3) is 0.231. The molecule has 0 bridgehead atoms. The summed E-state index contributed by atoms with van der Waals surface area (Å²) in [5, 5.41) is 2.85. The molecular weight excluding hydrogens is 296 g/mol. The molecule has 0 aliphatic rings. The van der Waals surface area contributed by atoms with E-state index in [0.29, 0.717) is 22.3 Å². The molecule has 0 aromatic carbocycles. The lowest BCUT2D eigenvalue weighted by atomic mass is 10.2. The normalized spacial score (nSPS) is 10.3. The van der Waals surface area contributed by atoms with Crippen LogP contribution in [0.25, 0.3) is 0 Å². The van der Waals surface area contributed by atoms with Crippen molar-refractivity contribution < 1.29 is 4.79 Å². The number of amides is 1. The molecular formula is C13H15ClN4OS. The summed E-state index contributed by atoms with van der Waals surface area (Å²) in [5.74, 6) is 5.67. The lowest BCUT2D eigenvalue weighted by Gasteiger charge is -2.08. The smallest absolute Gasteiger partial charge is 0.251 e. The molecule has 0 saturated heterocycles. The Labute approximate surface area is 126 Å². The van der Waals surface area contributed by atoms with Crippen LogP contribution in [-0.4, -0.2) is 10.9 Å². The van der Waals surface area contributed by atoms with E-state index in [-0.39, 0.29) is 5.91 Å². The Bertz CT molecular complexity index is 592. The van der Waals surface area contributed by atoms with Gasteiger partial charge in [0.05, 0.1) is 10.9 Å². The predicted molar refractivity (Wildman–Crippen MR) is 81.9 cm³/mol. The molecule has 2 aromatic rings. The molecule has 0 aliphatic heterocycles. The maximum absolute atomic E-state index is 12.1. The zero-order valence-electron chi connectivity index (χ0n) is 10.9. The minimum atomic E-state index is -0.164. The number of carbonyl (C=O) groups is 1. The Kier molecular flexibility index (Phi) is 4.94. The van der Waals surface area contributed by atoms with Crippen molar-refractivity contribution in [1.82, 2.24) is 10.3 Å². The van der Waals surface area contributed by atoms with Crippen molar-refractivity contribution in [2.24, 2.45) is 5.84 Å². The van der Waals surface area contributed by atoms with E-state index in [0.717, 1.165) is 17.0 Å². The van der Waals surface area contributed by atoms with Gasteiger partial charge in [-0.2, -0.15) is 0 Å². The first-order chi connectivity index (χ1) is 9.62. The van der Waals surface area contributed by atoms with E-state index in [9.17, 15) is 4.79 Å². The van der Waals surface area contributed by atoms with Crippen molar-refractivity contribution in [1.29, 1.82) is 0 Å². The highest BCUT2D eigenvalue weighted by Crippen LogP contribution is 2.21. The summed E-state index contributed by atoms with van der Waals surface area (Å²) in [6.07, 6.45) is 0.732. The van der Waals surface area contributed by atoms with Gasteiger partial charge in [0.1, 0.15) is 5.82 Å². The molecule has 4 N–H and O–H groups in total. The molecule has 1 amide bonds. The van der Waals surface area contributed by atoms with Crippen molar-refractivity contribution in [2.75, 3.05) is 5.43 Å². The SMILES string of the molecule is CCc1cc(C(=O)NCc2ccc(Cl)s2)cc(NN)n1. The predicted octanol–water partition coefficient (Wildman–Crippen LogP) is 2.57. The van der Waals surface area contributed by atoms with Crippen LogP contribution in [0.4, 0.5) is 5.82 Å². The van der Waals surface area contributed by atoms with E-state index in [1.807, 2.05) is 19.1 Å². The topological polar surface area (TPSA) is 80.0 Å². The lowest BCUT2D eigenvalue weighted by molar-refractivity contribution is 0.0951. The number of hydrogen-bond acceptors (Lipinski definition) is 5. The van der Waals surface area contributed by atoms with Crippen molar-refractivity contribution in [3.8, 4) is 0 Å². The highest BCUT2D eigenvalue weighted by molar-refractivity contribution is 7.16. The van der Waals surface area contributed by atoms with Crippen molar-refractivity contribution in [2.45, 2.75) is 19.9 Å². The average molecular weight is 311 g/mol. The van der Waals surface area contributed by atoms with E-state index in [1.54, 1.807) is 12.1 Å². The monoisotopic (exact) mass is 310 g/mol. The third-order valence-corrected chi connectivity index (χ3v) is 3.93. The zero-order valence-corrected chi connectivity index (χ0v) is 12.5. The number of nitrogens with two attached hydrogens (primary N) is 1. The van der Waals surface area contributed by atoms with Gasteiger partial charge in [0, 0.05) is 16.1 Å². The van der Waals surface area contributed by atoms with Gasteiger partial charge in [-0.1, -0.05) is 18.5 Å². The van der Waals surface area contributed by atoms with Gasteiger partial charge in [0.2, 0.25) is 0 Å². The molecule has 2 aromatic heterocycles. The Morgan fingerprint density at radius 1 is 1.45 bits per heavy atom.